The van der Waals surface area contributed by atoms with Crippen LogP contribution in [-0.2, 0) is 6.42 Å². The molecule has 1 aromatic carbocycles. The molecule has 0 saturated carbocycles. The van der Waals surface area contributed by atoms with E-state index in [2.05, 4.69) is 37.7 Å². The zero-order valence-electron chi connectivity index (χ0n) is 15.6. The first-order chi connectivity index (χ1) is 13.0. The number of halogens is 2. The van der Waals surface area contributed by atoms with E-state index in [0.717, 1.165) is 13.0 Å². The van der Waals surface area contributed by atoms with E-state index >= 15 is 0 Å². The van der Waals surface area contributed by atoms with Crippen molar-refractivity contribution in [2.24, 2.45) is 0 Å². The fourth-order valence-corrected chi connectivity index (χ4v) is 3.53. The Kier molecular flexibility index (Phi) is 7.18. The van der Waals surface area contributed by atoms with E-state index in [-0.39, 0.29) is 53.5 Å². The lowest BCUT2D eigenvalue weighted by Crippen LogP contribution is -2.39. The van der Waals surface area contributed by atoms with Crippen LogP contribution in [0.3, 0.4) is 0 Å². The quantitative estimate of drug-likeness (QED) is 0.493. The number of rotatable bonds is 3. The maximum Gasteiger partial charge on any atom is 0.327 e. The molecule has 0 bridgehead atoms. The van der Waals surface area contributed by atoms with Crippen LogP contribution < -0.4 is 21.9 Å². The molecule has 4 rings (SSSR count). The van der Waals surface area contributed by atoms with Gasteiger partial charge in [-0.2, -0.15) is 0 Å². The first-order valence-corrected chi connectivity index (χ1v) is 8.76. The highest BCUT2D eigenvalue weighted by molar-refractivity contribution is 5.95. The minimum atomic E-state index is -0.653. The number of carbonyl (C=O) groups excluding carboxylic acids is 1. The summed E-state index contributed by atoms with van der Waals surface area (Å²) >= 11 is 0. The van der Waals surface area contributed by atoms with Crippen LogP contribution in [0.5, 0.6) is 0 Å². The smallest absolute Gasteiger partial charge is 0.327 e. The number of fused-ring (bicyclic) bond motifs is 2. The standard InChI is InChI=1S/C19H19N5O3.2ClH/c1-10-8-13(22-16-15(10)18(26)24-19(27)23-16)17(25)21-9-14-12-5-3-2-4-11(12)6-7-20-14;;/h2-5,8,14,20H,6-7,9H2,1H3,(H,21,25)(H2,22,23,24,26,27);2*1H. The summed E-state index contributed by atoms with van der Waals surface area (Å²) in [5, 5.41) is 6.57. The third-order valence-corrected chi connectivity index (χ3v) is 4.82. The maximum absolute atomic E-state index is 12.6. The maximum atomic E-state index is 12.6. The number of pyridine rings is 1. The van der Waals surface area contributed by atoms with Gasteiger partial charge >= 0.3 is 5.69 Å². The molecule has 0 radical (unpaired) electrons. The van der Waals surface area contributed by atoms with Gasteiger partial charge in [0, 0.05) is 12.6 Å². The third kappa shape index (κ3) is 4.50. The SMILES string of the molecule is Cc1cc(C(=O)NCC2NCCc3ccccc32)nc2[nH]c(=O)[nH]c(=O)c12.Cl.Cl. The van der Waals surface area contributed by atoms with Crippen LogP contribution in [0.1, 0.15) is 33.2 Å². The number of H-pyrrole nitrogens is 2. The van der Waals surface area contributed by atoms with Crippen LogP contribution in [0, 0.1) is 6.92 Å². The first-order valence-electron chi connectivity index (χ1n) is 8.76. The van der Waals surface area contributed by atoms with E-state index in [9.17, 15) is 14.4 Å². The molecule has 4 N–H and O–H groups in total. The Morgan fingerprint density at radius 2 is 1.97 bits per heavy atom. The summed E-state index contributed by atoms with van der Waals surface area (Å²) < 4.78 is 0. The average molecular weight is 438 g/mol. The Morgan fingerprint density at radius 1 is 1.21 bits per heavy atom. The van der Waals surface area contributed by atoms with E-state index in [0.29, 0.717) is 12.1 Å². The van der Waals surface area contributed by atoms with Gasteiger partial charge in [0.05, 0.1) is 5.39 Å². The number of benzene rings is 1. The van der Waals surface area contributed by atoms with Crippen LogP contribution in [-0.4, -0.2) is 33.9 Å². The molecular formula is C19H21Cl2N5O3. The van der Waals surface area contributed by atoms with Crippen molar-refractivity contribution in [1.29, 1.82) is 0 Å². The Bertz CT molecular complexity index is 1160. The van der Waals surface area contributed by atoms with Crippen LogP contribution in [0.2, 0.25) is 0 Å². The number of aromatic amines is 2. The normalized spacial score (nSPS) is 15.0. The molecule has 2 aromatic heterocycles. The third-order valence-electron chi connectivity index (χ3n) is 4.82. The predicted molar refractivity (Wildman–Crippen MR) is 115 cm³/mol. The van der Waals surface area contributed by atoms with E-state index in [1.807, 2.05) is 12.1 Å². The highest BCUT2D eigenvalue weighted by atomic mass is 35.5. The van der Waals surface area contributed by atoms with Gasteiger partial charge in [0.2, 0.25) is 0 Å². The molecule has 1 atom stereocenters. The lowest BCUT2D eigenvalue weighted by atomic mass is 9.94. The summed E-state index contributed by atoms with van der Waals surface area (Å²) in [6, 6.07) is 9.75. The molecule has 8 nitrogen and oxygen atoms in total. The summed E-state index contributed by atoms with van der Waals surface area (Å²) in [5.41, 5.74) is 2.13. The molecular weight excluding hydrogens is 417 g/mol. The van der Waals surface area contributed by atoms with Gasteiger partial charge in [0.25, 0.3) is 11.5 Å². The average Bonchev–Trinajstić information content (AvgIpc) is 2.65. The summed E-state index contributed by atoms with van der Waals surface area (Å²) in [6.45, 7) is 2.97. The number of aryl methyl sites for hydroxylation is 1. The molecule has 0 saturated heterocycles. The van der Waals surface area contributed by atoms with Crippen molar-refractivity contribution in [2.75, 3.05) is 13.1 Å². The van der Waals surface area contributed by atoms with Gasteiger partial charge in [0.1, 0.15) is 11.3 Å². The fourth-order valence-electron chi connectivity index (χ4n) is 3.53. The second-order valence-corrected chi connectivity index (χ2v) is 6.62. The van der Waals surface area contributed by atoms with Gasteiger partial charge < -0.3 is 10.6 Å². The van der Waals surface area contributed by atoms with E-state index in [1.165, 1.54) is 11.1 Å². The van der Waals surface area contributed by atoms with Gasteiger partial charge in [-0.05, 0) is 42.6 Å². The monoisotopic (exact) mass is 437 g/mol. The second kappa shape index (κ2) is 9.21. The van der Waals surface area contributed by atoms with E-state index in [1.54, 1.807) is 13.0 Å². The molecule has 3 heterocycles. The Morgan fingerprint density at radius 3 is 2.76 bits per heavy atom. The molecule has 0 fully saturated rings. The molecule has 154 valence electrons. The Balaban J connectivity index is 0.00000150. The van der Waals surface area contributed by atoms with Crippen LogP contribution in [0.4, 0.5) is 0 Å². The van der Waals surface area contributed by atoms with Gasteiger partial charge in [-0.15, -0.1) is 24.8 Å². The van der Waals surface area contributed by atoms with E-state index < -0.39 is 11.2 Å². The number of nitrogens with one attached hydrogen (secondary N) is 4. The largest absolute Gasteiger partial charge is 0.349 e. The summed E-state index contributed by atoms with van der Waals surface area (Å²) in [6.07, 6.45) is 0.966. The van der Waals surface area contributed by atoms with Crippen molar-refractivity contribution >= 4 is 41.8 Å². The Labute approximate surface area is 178 Å². The van der Waals surface area contributed by atoms with Crippen molar-refractivity contribution < 1.29 is 4.79 Å². The van der Waals surface area contributed by atoms with Crippen molar-refractivity contribution in [2.45, 2.75) is 19.4 Å². The van der Waals surface area contributed by atoms with Gasteiger partial charge in [-0.3, -0.25) is 19.6 Å². The van der Waals surface area contributed by atoms with Crippen LogP contribution in [0.15, 0.2) is 39.9 Å². The number of hydrogen-bond acceptors (Lipinski definition) is 5. The van der Waals surface area contributed by atoms with Crippen molar-refractivity contribution in [3.05, 3.63) is 73.6 Å². The minimum Gasteiger partial charge on any atom is -0.349 e. The highest BCUT2D eigenvalue weighted by Gasteiger charge is 2.20. The van der Waals surface area contributed by atoms with Gasteiger partial charge in [-0.25, -0.2) is 9.78 Å². The van der Waals surface area contributed by atoms with Crippen molar-refractivity contribution in [1.82, 2.24) is 25.6 Å². The molecule has 0 spiro atoms. The summed E-state index contributed by atoms with van der Waals surface area (Å²) in [5.74, 6) is -0.356. The van der Waals surface area contributed by atoms with Crippen molar-refractivity contribution in [3.8, 4) is 0 Å². The number of amides is 1. The lowest BCUT2D eigenvalue weighted by molar-refractivity contribution is 0.0944. The predicted octanol–water partition coefficient (Wildman–Crippen LogP) is 1.38. The minimum absolute atomic E-state index is 0. The molecule has 29 heavy (non-hydrogen) atoms. The zero-order valence-corrected chi connectivity index (χ0v) is 17.2. The number of carbonyl (C=O) groups is 1. The topological polar surface area (TPSA) is 120 Å². The number of hydrogen-bond donors (Lipinski definition) is 4. The number of nitrogens with zero attached hydrogens (tertiary/aromatic N) is 1. The van der Waals surface area contributed by atoms with Gasteiger partial charge in [0.15, 0.2) is 0 Å². The Hall–Kier alpha value is -2.68. The molecule has 1 aliphatic rings. The molecule has 0 aliphatic carbocycles. The van der Waals surface area contributed by atoms with Crippen molar-refractivity contribution in [3.63, 3.8) is 0 Å². The van der Waals surface area contributed by atoms with E-state index in [4.69, 9.17) is 0 Å². The van der Waals surface area contributed by atoms with Crippen LogP contribution >= 0.6 is 24.8 Å². The molecule has 3 aromatic rings. The molecule has 1 amide bonds. The highest BCUT2D eigenvalue weighted by Crippen LogP contribution is 2.22. The molecule has 10 heteroatoms. The molecule has 1 aliphatic heterocycles. The summed E-state index contributed by atoms with van der Waals surface area (Å²) in [4.78, 5) is 44.8. The van der Waals surface area contributed by atoms with Crippen LogP contribution in [0.25, 0.3) is 11.0 Å². The number of aromatic nitrogens is 3. The van der Waals surface area contributed by atoms with Gasteiger partial charge in [-0.1, -0.05) is 24.3 Å². The lowest BCUT2D eigenvalue weighted by Gasteiger charge is -2.27. The second-order valence-electron chi connectivity index (χ2n) is 6.62. The first kappa shape index (κ1) is 22.6. The summed E-state index contributed by atoms with van der Waals surface area (Å²) in [7, 11) is 0. The fraction of sp³-hybridized carbons (Fsp3) is 0.263. The zero-order chi connectivity index (χ0) is 19.0. The molecule has 1 unspecified atom stereocenters.